The number of hydrazone groups is 1. The molecule has 0 saturated carbocycles. The fraction of sp³-hybridized carbons (Fsp3) is 0.238. The number of methoxy groups -OCH3 is 2. The maximum atomic E-state index is 12.9. The van der Waals surface area contributed by atoms with Crippen LogP contribution in [0, 0.1) is 0 Å². The zero-order chi connectivity index (χ0) is 25.5. The number of nitrogens with one attached hydrogen (secondary N) is 3. The first-order valence-corrected chi connectivity index (χ1v) is 9.85. The Kier molecular flexibility index (Phi) is 8.84. The van der Waals surface area contributed by atoms with Crippen molar-refractivity contribution in [1.29, 1.82) is 0 Å². The van der Waals surface area contributed by atoms with E-state index in [2.05, 4.69) is 15.7 Å². The lowest BCUT2D eigenvalue weighted by Crippen LogP contribution is -2.33. The molecule has 0 unspecified atom stereocenters. The molecule has 0 aliphatic heterocycles. The summed E-state index contributed by atoms with van der Waals surface area (Å²) < 4.78 is 49.0. The van der Waals surface area contributed by atoms with Gasteiger partial charge in [0, 0.05) is 17.5 Å². The predicted octanol–water partition coefficient (Wildman–Crippen LogP) is 3.84. The fourth-order valence-electron chi connectivity index (χ4n) is 2.58. The molecule has 2 aromatic carbocycles. The average Bonchev–Trinajstić information content (AvgIpc) is 2.78. The molecule has 0 heterocycles. The van der Waals surface area contributed by atoms with E-state index in [0.717, 1.165) is 6.07 Å². The van der Waals surface area contributed by atoms with Crippen LogP contribution in [0.4, 0.5) is 24.5 Å². The summed E-state index contributed by atoms with van der Waals surface area (Å²) in [6.45, 7) is 1.38. The van der Waals surface area contributed by atoms with Crippen molar-refractivity contribution < 1.29 is 37.0 Å². The number of rotatable bonds is 7. The molecule has 2 aromatic rings. The monoisotopic (exact) mass is 500 g/mol. The quantitative estimate of drug-likeness (QED) is 0.303. The van der Waals surface area contributed by atoms with Gasteiger partial charge in [0.1, 0.15) is 11.5 Å². The number of carbonyl (C=O) groups is 3. The second kappa shape index (κ2) is 11.4. The summed E-state index contributed by atoms with van der Waals surface area (Å²) in [5.41, 5.74) is 1.08. The number of hydrogen-bond donors (Lipinski definition) is 3. The van der Waals surface area contributed by atoms with Gasteiger partial charge in [0.25, 0.3) is 0 Å². The van der Waals surface area contributed by atoms with Crippen LogP contribution in [0.15, 0.2) is 41.5 Å². The Labute approximate surface area is 197 Å². The molecule has 3 N–H and O–H groups in total. The van der Waals surface area contributed by atoms with Gasteiger partial charge >= 0.3 is 18.0 Å². The lowest BCUT2D eigenvalue weighted by Gasteiger charge is -2.12. The van der Waals surface area contributed by atoms with E-state index in [4.69, 9.17) is 21.1 Å². The number of anilines is 2. The Morgan fingerprint density at radius 1 is 1.00 bits per heavy atom. The molecule has 0 saturated heterocycles. The minimum absolute atomic E-state index is 0.0886. The van der Waals surface area contributed by atoms with Gasteiger partial charge in [-0.3, -0.25) is 14.4 Å². The summed E-state index contributed by atoms with van der Waals surface area (Å²) in [5, 5.41) is 7.78. The molecule has 0 bridgehead atoms. The number of alkyl halides is 3. The molecule has 0 atom stereocenters. The first-order valence-electron chi connectivity index (χ1n) is 9.47. The minimum Gasteiger partial charge on any atom is -0.497 e. The summed E-state index contributed by atoms with van der Waals surface area (Å²) in [4.78, 5) is 36.2. The first kappa shape index (κ1) is 26.5. The topological polar surface area (TPSA) is 118 Å². The number of carbonyl (C=O) groups excluding carboxylic acids is 3. The molecule has 9 nitrogen and oxygen atoms in total. The van der Waals surface area contributed by atoms with E-state index in [0.29, 0.717) is 11.8 Å². The molecule has 0 radical (unpaired) electrons. The van der Waals surface area contributed by atoms with E-state index in [1.54, 1.807) is 6.07 Å². The molecular weight excluding hydrogens is 481 g/mol. The van der Waals surface area contributed by atoms with Gasteiger partial charge in [0.15, 0.2) is 0 Å². The molecular formula is C21H20ClF3N4O5. The molecule has 0 aromatic heterocycles. The average molecular weight is 501 g/mol. The van der Waals surface area contributed by atoms with Crippen LogP contribution in [0.25, 0.3) is 0 Å². The van der Waals surface area contributed by atoms with Gasteiger partial charge in [-0.2, -0.15) is 18.3 Å². The van der Waals surface area contributed by atoms with Crippen LogP contribution in [0.2, 0.25) is 5.02 Å². The Hall–Kier alpha value is -3.80. The highest BCUT2D eigenvalue weighted by Gasteiger charge is 2.33. The Morgan fingerprint density at radius 3 is 2.32 bits per heavy atom. The summed E-state index contributed by atoms with van der Waals surface area (Å²) >= 11 is 5.54. The van der Waals surface area contributed by atoms with E-state index in [1.807, 2.05) is 5.43 Å². The molecule has 182 valence electrons. The number of hydrogen-bond acceptors (Lipinski definition) is 6. The van der Waals surface area contributed by atoms with Crippen molar-refractivity contribution in [3.63, 3.8) is 0 Å². The van der Waals surface area contributed by atoms with Gasteiger partial charge in [0.05, 0.1) is 36.9 Å². The second-order valence-corrected chi connectivity index (χ2v) is 7.13. The van der Waals surface area contributed by atoms with E-state index in [9.17, 15) is 27.6 Å². The third kappa shape index (κ3) is 7.37. The van der Waals surface area contributed by atoms with Crippen LogP contribution in [0.1, 0.15) is 18.9 Å². The second-order valence-electron chi connectivity index (χ2n) is 6.73. The maximum absolute atomic E-state index is 12.9. The van der Waals surface area contributed by atoms with Gasteiger partial charge in [0.2, 0.25) is 5.91 Å². The number of amides is 3. The smallest absolute Gasteiger partial charge is 0.417 e. The summed E-state index contributed by atoms with van der Waals surface area (Å²) in [7, 11) is 2.83. The number of nitrogens with zero attached hydrogens (tertiary/aromatic N) is 1. The van der Waals surface area contributed by atoms with Crippen molar-refractivity contribution in [2.45, 2.75) is 19.5 Å². The summed E-state index contributed by atoms with van der Waals surface area (Å²) in [5.74, 6) is -2.13. The molecule has 3 amide bonds. The molecule has 0 spiro atoms. The molecule has 0 aliphatic rings. The van der Waals surface area contributed by atoms with Gasteiger partial charge in [-0.25, -0.2) is 5.43 Å². The van der Waals surface area contributed by atoms with Gasteiger partial charge in [-0.15, -0.1) is 0 Å². The first-order chi connectivity index (χ1) is 15.9. The van der Waals surface area contributed by atoms with E-state index >= 15 is 0 Å². The highest BCUT2D eigenvalue weighted by molar-refractivity contribution is 6.39. The molecule has 34 heavy (non-hydrogen) atoms. The maximum Gasteiger partial charge on any atom is 0.417 e. The van der Waals surface area contributed by atoms with Crippen LogP contribution in [0.3, 0.4) is 0 Å². The molecule has 2 rings (SSSR count). The van der Waals surface area contributed by atoms with Gasteiger partial charge in [-0.05, 0) is 37.3 Å². The Bertz CT molecular complexity index is 1120. The van der Waals surface area contributed by atoms with Crippen molar-refractivity contribution in [3.8, 4) is 11.5 Å². The fourth-order valence-corrected chi connectivity index (χ4v) is 2.80. The third-order valence-electron chi connectivity index (χ3n) is 4.18. The van der Waals surface area contributed by atoms with E-state index in [-0.39, 0.29) is 29.3 Å². The van der Waals surface area contributed by atoms with Crippen molar-refractivity contribution in [2.24, 2.45) is 5.10 Å². The minimum atomic E-state index is -4.68. The standard InChI is InChI=1S/C21H20ClF3N4O5/c1-11(8-18(30)26-12-4-6-15(22)14(9-12)21(23,24)25)28-29-20(32)19(31)27-16-7-5-13(33-2)10-17(16)34-3/h4-7,9-10H,8H2,1-3H3,(H,26,30)(H,27,31)(H,29,32)/b28-11-. The van der Waals surface area contributed by atoms with Crippen molar-refractivity contribution in [2.75, 3.05) is 24.9 Å². The van der Waals surface area contributed by atoms with Crippen LogP contribution in [0.5, 0.6) is 11.5 Å². The normalized spacial score (nSPS) is 11.4. The van der Waals surface area contributed by atoms with Crippen molar-refractivity contribution in [3.05, 3.63) is 47.0 Å². The zero-order valence-corrected chi connectivity index (χ0v) is 18.9. The summed E-state index contributed by atoms with van der Waals surface area (Å²) in [6.07, 6.45) is -5.05. The highest BCUT2D eigenvalue weighted by atomic mass is 35.5. The van der Waals surface area contributed by atoms with Crippen LogP contribution < -0.4 is 25.5 Å². The largest absolute Gasteiger partial charge is 0.497 e. The number of halogens is 4. The molecule has 13 heteroatoms. The lowest BCUT2D eigenvalue weighted by molar-refractivity contribution is -0.137. The number of ether oxygens (including phenoxy) is 2. The van der Waals surface area contributed by atoms with Crippen LogP contribution in [-0.2, 0) is 20.6 Å². The zero-order valence-electron chi connectivity index (χ0n) is 18.2. The predicted molar refractivity (Wildman–Crippen MR) is 119 cm³/mol. The Balaban J connectivity index is 1.94. The Morgan fingerprint density at radius 2 is 1.71 bits per heavy atom. The highest BCUT2D eigenvalue weighted by Crippen LogP contribution is 2.36. The molecule has 0 aliphatic carbocycles. The summed E-state index contributed by atoms with van der Waals surface area (Å²) in [6, 6.07) is 7.45. The van der Waals surface area contributed by atoms with Gasteiger partial charge < -0.3 is 20.1 Å². The molecule has 0 fully saturated rings. The SMILES string of the molecule is COc1ccc(NC(=O)C(=O)N/N=C(/C)CC(=O)Nc2ccc(Cl)c(C(F)(F)F)c2)c(OC)c1. The van der Waals surface area contributed by atoms with E-state index in [1.165, 1.54) is 39.3 Å². The lowest BCUT2D eigenvalue weighted by atomic mass is 10.2. The van der Waals surface area contributed by atoms with Gasteiger partial charge in [-0.1, -0.05) is 11.6 Å². The van der Waals surface area contributed by atoms with Crippen LogP contribution in [-0.4, -0.2) is 37.7 Å². The van der Waals surface area contributed by atoms with Crippen molar-refractivity contribution >= 4 is 46.4 Å². The van der Waals surface area contributed by atoms with Crippen LogP contribution >= 0.6 is 11.6 Å². The van der Waals surface area contributed by atoms with E-state index < -0.39 is 34.5 Å². The number of benzene rings is 2. The van der Waals surface area contributed by atoms with Crippen molar-refractivity contribution in [1.82, 2.24) is 5.43 Å². The third-order valence-corrected chi connectivity index (χ3v) is 4.51.